The van der Waals surface area contributed by atoms with Gasteiger partial charge in [-0.05, 0) is 43.3 Å². The van der Waals surface area contributed by atoms with Gasteiger partial charge in [0.25, 0.3) is 0 Å². The van der Waals surface area contributed by atoms with Crippen LogP contribution in [-0.4, -0.2) is 38.8 Å². The molecule has 3 rings (SSSR count). The molecule has 2 aromatic carbocycles. The number of hydrogen-bond donors (Lipinski definition) is 0. The van der Waals surface area contributed by atoms with E-state index in [0.29, 0.717) is 12.3 Å². The minimum Gasteiger partial charge on any atom is -0.497 e. The lowest BCUT2D eigenvalue weighted by molar-refractivity contribution is 0.394. The molecule has 0 N–H and O–H groups in total. The van der Waals surface area contributed by atoms with Gasteiger partial charge >= 0.3 is 0 Å². The molecule has 0 fully saturated rings. The van der Waals surface area contributed by atoms with Gasteiger partial charge in [-0.3, -0.25) is 4.99 Å². The molecule has 3 aromatic rings. The van der Waals surface area contributed by atoms with Crippen molar-refractivity contribution in [1.29, 1.82) is 0 Å². The summed E-state index contributed by atoms with van der Waals surface area (Å²) < 4.78 is 17.9. The molecule has 0 saturated heterocycles. The van der Waals surface area contributed by atoms with Crippen molar-refractivity contribution in [3.63, 3.8) is 0 Å². The normalized spacial score (nSPS) is 11.7. The molecule has 0 aliphatic heterocycles. The summed E-state index contributed by atoms with van der Waals surface area (Å²) in [6.07, 6.45) is 1.76. The van der Waals surface area contributed by atoms with Crippen LogP contribution in [0.15, 0.2) is 70.1 Å². The van der Waals surface area contributed by atoms with Crippen molar-refractivity contribution in [3.05, 3.63) is 70.4 Å². The summed E-state index contributed by atoms with van der Waals surface area (Å²) in [5, 5.41) is 6.77. The number of nitrogens with zero attached hydrogens (tertiary/aromatic N) is 3. The quantitative estimate of drug-likeness (QED) is 0.393. The largest absolute Gasteiger partial charge is 0.497 e. The molecule has 0 aliphatic rings. The second-order valence-corrected chi connectivity index (χ2v) is 7.41. The van der Waals surface area contributed by atoms with Gasteiger partial charge in [0.15, 0.2) is 0 Å². The number of thiazole rings is 1. The summed E-state index contributed by atoms with van der Waals surface area (Å²) in [4.78, 5) is 5.44. The van der Waals surface area contributed by atoms with Gasteiger partial charge in [0.05, 0.1) is 39.8 Å². The van der Waals surface area contributed by atoms with Gasteiger partial charge in [-0.1, -0.05) is 12.2 Å². The molecule has 7 heteroatoms. The molecular formula is C23H25N3O3S. The summed E-state index contributed by atoms with van der Waals surface area (Å²) in [5.41, 5.74) is 3.78. The second kappa shape index (κ2) is 9.93. The van der Waals surface area contributed by atoms with Gasteiger partial charge in [0.1, 0.15) is 17.2 Å². The first kappa shape index (κ1) is 21.4. The number of aromatic nitrogens is 1. The zero-order chi connectivity index (χ0) is 21.5. The summed E-state index contributed by atoms with van der Waals surface area (Å²) >= 11 is 1.53. The van der Waals surface area contributed by atoms with E-state index in [4.69, 9.17) is 19.3 Å². The van der Waals surface area contributed by atoms with E-state index in [1.54, 1.807) is 27.5 Å². The fourth-order valence-corrected chi connectivity index (χ4v) is 3.56. The first-order valence-corrected chi connectivity index (χ1v) is 10.2. The third-order valence-corrected chi connectivity index (χ3v) is 5.16. The molecule has 1 aromatic heterocycles. The van der Waals surface area contributed by atoms with Gasteiger partial charge in [-0.25, -0.2) is 4.68 Å². The van der Waals surface area contributed by atoms with Crippen LogP contribution in [0.5, 0.6) is 17.2 Å². The van der Waals surface area contributed by atoms with Crippen molar-refractivity contribution in [2.75, 3.05) is 27.9 Å². The van der Waals surface area contributed by atoms with E-state index in [9.17, 15) is 0 Å². The summed E-state index contributed by atoms with van der Waals surface area (Å²) in [7, 11) is 4.90. The van der Waals surface area contributed by atoms with E-state index in [1.807, 2.05) is 59.4 Å². The number of ether oxygens (including phenoxy) is 3. The predicted molar refractivity (Wildman–Crippen MR) is 122 cm³/mol. The fourth-order valence-electron chi connectivity index (χ4n) is 2.73. The van der Waals surface area contributed by atoms with Crippen molar-refractivity contribution in [2.24, 2.45) is 10.1 Å². The standard InChI is InChI=1S/C23H25N3O3S/c1-16(2)13-24-23-26(21(15-30-23)17-6-9-19(27-3)10-7-17)25-14-18-8-11-20(28-4)12-22(18)29-5/h6-12,14-15H,1,13H2,2-5H3. The Morgan fingerprint density at radius 2 is 1.73 bits per heavy atom. The van der Waals surface area contributed by atoms with E-state index in [-0.39, 0.29) is 0 Å². The van der Waals surface area contributed by atoms with Gasteiger partial charge in [-0.15, -0.1) is 11.3 Å². The number of rotatable bonds is 8. The molecule has 156 valence electrons. The van der Waals surface area contributed by atoms with Crippen LogP contribution >= 0.6 is 11.3 Å². The maximum Gasteiger partial charge on any atom is 0.206 e. The monoisotopic (exact) mass is 423 g/mol. The maximum atomic E-state index is 5.48. The molecule has 0 aliphatic carbocycles. The zero-order valence-electron chi connectivity index (χ0n) is 17.6. The Bertz CT molecular complexity index is 1110. The third-order valence-electron chi connectivity index (χ3n) is 4.31. The zero-order valence-corrected chi connectivity index (χ0v) is 18.4. The Hall–Kier alpha value is -3.32. The van der Waals surface area contributed by atoms with Crippen molar-refractivity contribution in [2.45, 2.75) is 6.92 Å². The molecule has 0 bridgehead atoms. The van der Waals surface area contributed by atoms with E-state index in [2.05, 4.69) is 11.6 Å². The topological polar surface area (TPSA) is 57.3 Å². The lowest BCUT2D eigenvalue weighted by Gasteiger charge is -2.08. The third kappa shape index (κ3) is 4.99. The Labute approximate surface area is 180 Å². The van der Waals surface area contributed by atoms with E-state index < -0.39 is 0 Å². The highest BCUT2D eigenvalue weighted by Gasteiger charge is 2.09. The van der Waals surface area contributed by atoms with Crippen LogP contribution in [0.3, 0.4) is 0 Å². The average molecular weight is 424 g/mol. The van der Waals surface area contributed by atoms with Gasteiger partial charge < -0.3 is 14.2 Å². The van der Waals surface area contributed by atoms with Crippen molar-refractivity contribution in [1.82, 2.24) is 4.68 Å². The highest BCUT2D eigenvalue weighted by molar-refractivity contribution is 7.07. The SMILES string of the molecule is C=C(C)CN=c1scc(-c2ccc(OC)cc2)n1N=Cc1ccc(OC)cc1OC. The van der Waals surface area contributed by atoms with Crippen molar-refractivity contribution < 1.29 is 14.2 Å². The highest BCUT2D eigenvalue weighted by atomic mass is 32.1. The van der Waals surface area contributed by atoms with Crippen LogP contribution in [0, 0.1) is 0 Å². The van der Waals surface area contributed by atoms with Crippen LogP contribution < -0.4 is 19.0 Å². The van der Waals surface area contributed by atoms with Crippen LogP contribution in [0.4, 0.5) is 0 Å². The molecule has 0 amide bonds. The number of methoxy groups -OCH3 is 3. The fraction of sp³-hybridized carbons (Fsp3) is 0.217. The Morgan fingerprint density at radius 1 is 1.03 bits per heavy atom. The van der Waals surface area contributed by atoms with Crippen molar-refractivity contribution in [3.8, 4) is 28.5 Å². The minimum absolute atomic E-state index is 0.546. The first-order valence-electron chi connectivity index (χ1n) is 9.32. The van der Waals surface area contributed by atoms with Gasteiger partial charge in [0, 0.05) is 22.6 Å². The summed E-state index contributed by atoms with van der Waals surface area (Å²) in [5.74, 6) is 2.21. The molecule has 0 spiro atoms. The van der Waals surface area contributed by atoms with E-state index >= 15 is 0 Å². The van der Waals surface area contributed by atoms with E-state index in [0.717, 1.165) is 38.7 Å². The molecule has 6 nitrogen and oxygen atoms in total. The predicted octanol–water partition coefficient (Wildman–Crippen LogP) is 4.60. The maximum absolute atomic E-state index is 5.48. The molecule has 30 heavy (non-hydrogen) atoms. The Morgan fingerprint density at radius 3 is 2.37 bits per heavy atom. The van der Waals surface area contributed by atoms with Crippen molar-refractivity contribution >= 4 is 17.6 Å². The average Bonchev–Trinajstić information content (AvgIpc) is 3.18. The van der Waals surface area contributed by atoms with Crippen LogP contribution in [0.25, 0.3) is 11.3 Å². The summed E-state index contributed by atoms with van der Waals surface area (Å²) in [6.45, 7) is 6.44. The number of hydrogen-bond acceptors (Lipinski definition) is 6. The molecular weight excluding hydrogens is 398 g/mol. The van der Waals surface area contributed by atoms with Crippen LogP contribution in [0.1, 0.15) is 12.5 Å². The molecule has 0 unspecified atom stereocenters. The van der Waals surface area contributed by atoms with E-state index in [1.165, 1.54) is 11.3 Å². The highest BCUT2D eigenvalue weighted by Crippen LogP contribution is 2.25. The summed E-state index contributed by atoms with van der Waals surface area (Å²) in [6, 6.07) is 13.5. The molecule has 0 saturated carbocycles. The number of benzene rings is 2. The lowest BCUT2D eigenvalue weighted by atomic mass is 10.2. The van der Waals surface area contributed by atoms with Gasteiger partial charge in [-0.2, -0.15) is 5.10 Å². The smallest absolute Gasteiger partial charge is 0.206 e. The lowest BCUT2D eigenvalue weighted by Crippen LogP contribution is -2.13. The Balaban J connectivity index is 2.06. The van der Waals surface area contributed by atoms with Crippen LogP contribution in [-0.2, 0) is 0 Å². The molecule has 0 radical (unpaired) electrons. The van der Waals surface area contributed by atoms with Crippen LogP contribution in [0.2, 0.25) is 0 Å². The Kier molecular flexibility index (Phi) is 7.08. The molecule has 1 heterocycles. The van der Waals surface area contributed by atoms with Gasteiger partial charge in [0.2, 0.25) is 4.80 Å². The molecule has 0 atom stereocenters. The minimum atomic E-state index is 0.546. The first-order chi connectivity index (χ1) is 14.5. The second-order valence-electron chi connectivity index (χ2n) is 6.57.